The lowest BCUT2D eigenvalue weighted by molar-refractivity contribution is -0.108. The fourth-order valence-electron chi connectivity index (χ4n) is 2.59. The number of halogens is 2. The molecule has 1 atom stereocenters. The van der Waals surface area contributed by atoms with Gasteiger partial charge in [0.2, 0.25) is 0 Å². The van der Waals surface area contributed by atoms with Gasteiger partial charge in [-0.2, -0.15) is 0 Å². The van der Waals surface area contributed by atoms with Crippen molar-refractivity contribution in [2.24, 2.45) is 5.41 Å². The van der Waals surface area contributed by atoms with Crippen LogP contribution >= 0.6 is 0 Å². The van der Waals surface area contributed by atoms with E-state index in [2.05, 4.69) is 5.32 Å². The third-order valence-electron chi connectivity index (χ3n) is 3.39. The first-order valence-corrected chi connectivity index (χ1v) is 4.75. The quantitative estimate of drug-likeness (QED) is 0.595. The maximum Gasteiger partial charge on any atom is 0.254 e. The molecule has 0 aromatic carbocycles. The normalized spacial score (nSPS) is 40.5. The summed E-state index contributed by atoms with van der Waals surface area (Å²) in [4.78, 5) is 0. The molecule has 1 heterocycles. The van der Waals surface area contributed by atoms with E-state index in [9.17, 15) is 8.78 Å². The van der Waals surface area contributed by atoms with E-state index in [0.29, 0.717) is 25.8 Å². The SMILES string of the molecule is FC1(F)CCCC12CCCNC2. The average molecular weight is 175 g/mol. The molecule has 1 nitrogen and oxygen atoms in total. The van der Waals surface area contributed by atoms with E-state index in [1.165, 1.54) is 0 Å². The predicted octanol–water partition coefficient (Wildman–Crippen LogP) is 2.18. The minimum atomic E-state index is -2.40. The fraction of sp³-hybridized carbons (Fsp3) is 1.00. The van der Waals surface area contributed by atoms with Crippen LogP contribution in [0.4, 0.5) is 8.78 Å². The lowest BCUT2D eigenvalue weighted by Gasteiger charge is -2.38. The van der Waals surface area contributed by atoms with Crippen LogP contribution in [0.15, 0.2) is 0 Å². The maximum atomic E-state index is 13.4. The number of hydrogen-bond donors (Lipinski definition) is 1. The Kier molecular flexibility index (Phi) is 1.86. The molecule has 1 aliphatic carbocycles. The molecule has 70 valence electrons. The van der Waals surface area contributed by atoms with Crippen LogP contribution in [0, 0.1) is 5.41 Å². The zero-order chi connectivity index (χ0) is 8.66. The van der Waals surface area contributed by atoms with Crippen molar-refractivity contribution in [2.45, 2.75) is 38.0 Å². The molecule has 0 bridgehead atoms. The molecule has 1 aliphatic heterocycles. The molecule has 1 unspecified atom stereocenters. The van der Waals surface area contributed by atoms with Gasteiger partial charge in [-0.05, 0) is 32.2 Å². The van der Waals surface area contributed by atoms with Gasteiger partial charge in [-0.1, -0.05) is 0 Å². The number of hydrogen-bond acceptors (Lipinski definition) is 1. The molecular formula is C9H15F2N. The lowest BCUT2D eigenvalue weighted by atomic mass is 9.77. The summed E-state index contributed by atoms with van der Waals surface area (Å²) < 4.78 is 26.9. The highest BCUT2D eigenvalue weighted by Crippen LogP contribution is 2.53. The number of alkyl halides is 2. The minimum absolute atomic E-state index is 0.106. The highest BCUT2D eigenvalue weighted by Gasteiger charge is 2.56. The zero-order valence-corrected chi connectivity index (χ0v) is 7.21. The molecule has 1 saturated carbocycles. The van der Waals surface area contributed by atoms with Crippen LogP contribution < -0.4 is 5.32 Å². The molecule has 0 radical (unpaired) electrons. The number of nitrogens with one attached hydrogen (secondary N) is 1. The van der Waals surface area contributed by atoms with Gasteiger partial charge in [0.25, 0.3) is 5.92 Å². The molecule has 0 aromatic rings. The molecule has 0 aromatic heterocycles. The molecule has 1 saturated heterocycles. The third kappa shape index (κ3) is 1.06. The van der Waals surface area contributed by atoms with Crippen molar-refractivity contribution in [3.8, 4) is 0 Å². The molecular weight excluding hydrogens is 160 g/mol. The maximum absolute atomic E-state index is 13.4. The van der Waals surface area contributed by atoms with Crippen molar-refractivity contribution in [1.82, 2.24) is 5.32 Å². The van der Waals surface area contributed by atoms with Crippen molar-refractivity contribution < 1.29 is 8.78 Å². The van der Waals surface area contributed by atoms with E-state index < -0.39 is 11.3 Å². The standard InChI is InChI=1S/C9H15F2N/c10-9(11)5-1-3-8(9)4-2-6-12-7-8/h12H,1-7H2. The summed E-state index contributed by atoms with van der Waals surface area (Å²) in [5.74, 6) is -2.40. The largest absolute Gasteiger partial charge is 0.316 e. The topological polar surface area (TPSA) is 12.0 Å². The Morgan fingerprint density at radius 3 is 2.25 bits per heavy atom. The Morgan fingerprint density at radius 2 is 1.75 bits per heavy atom. The van der Waals surface area contributed by atoms with E-state index in [1.807, 2.05) is 0 Å². The molecule has 2 rings (SSSR count). The number of rotatable bonds is 0. The molecule has 0 amide bonds. The Labute approximate surface area is 71.5 Å². The molecule has 1 N–H and O–H groups in total. The van der Waals surface area contributed by atoms with Crippen molar-refractivity contribution in [3.05, 3.63) is 0 Å². The molecule has 1 spiro atoms. The fourth-order valence-corrected chi connectivity index (χ4v) is 2.59. The molecule has 2 aliphatic rings. The van der Waals surface area contributed by atoms with Crippen LogP contribution in [-0.4, -0.2) is 19.0 Å². The second-order valence-electron chi connectivity index (χ2n) is 4.12. The van der Waals surface area contributed by atoms with Crippen molar-refractivity contribution in [2.75, 3.05) is 13.1 Å². The first kappa shape index (κ1) is 8.42. The Bertz CT molecular complexity index is 173. The van der Waals surface area contributed by atoms with E-state index in [1.54, 1.807) is 0 Å². The number of piperidine rings is 1. The van der Waals surface area contributed by atoms with Gasteiger partial charge in [0.1, 0.15) is 0 Å². The van der Waals surface area contributed by atoms with Crippen LogP contribution in [0.2, 0.25) is 0 Å². The molecule has 3 heteroatoms. The van der Waals surface area contributed by atoms with Crippen molar-refractivity contribution in [3.63, 3.8) is 0 Å². The molecule has 12 heavy (non-hydrogen) atoms. The van der Waals surface area contributed by atoms with E-state index in [0.717, 1.165) is 13.0 Å². The summed E-state index contributed by atoms with van der Waals surface area (Å²) >= 11 is 0. The Morgan fingerprint density at radius 1 is 1.00 bits per heavy atom. The smallest absolute Gasteiger partial charge is 0.254 e. The van der Waals surface area contributed by atoms with Gasteiger partial charge >= 0.3 is 0 Å². The Hall–Kier alpha value is -0.180. The van der Waals surface area contributed by atoms with Crippen LogP contribution in [0.5, 0.6) is 0 Å². The highest BCUT2D eigenvalue weighted by molar-refractivity contribution is 5.00. The van der Waals surface area contributed by atoms with E-state index in [4.69, 9.17) is 0 Å². The van der Waals surface area contributed by atoms with Gasteiger partial charge in [0.15, 0.2) is 0 Å². The van der Waals surface area contributed by atoms with E-state index >= 15 is 0 Å². The molecule has 2 fully saturated rings. The minimum Gasteiger partial charge on any atom is -0.316 e. The summed E-state index contributed by atoms with van der Waals surface area (Å²) in [6, 6.07) is 0. The highest BCUT2D eigenvalue weighted by atomic mass is 19.3. The van der Waals surface area contributed by atoms with Crippen molar-refractivity contribution >= 4 is 0 Å². The summed E-state index contributed by atoms with van der Waals surface area (Å²) in [6.45, 7) is 1.44. The first-order chi connectivity index (χ1) is 5.66. The summed E-state index contributed by atoms with van der Waals surface area (Å²) in [6.07, 6.45) is 3.15. The van der Waals surface area contributed by atoms with Gasteiger partial charge in [-0.25, -0.2) is 8.78 Å². The van der Waals surface area contributed by atoms with Crippen LogP contribution in [0.25, 0.3) is 0 Å². The first-order valence-electron chi connectivity index (χ1n) is 4.75. The zero-order valence-electron chi connectivity index (χ0n) is 7.21. The predicted molar refractivity (Wildman–Crippen MR) is 43.3 cm³/mol. The third-order valence-corrected chi connectivity index (χ3v) is 3.39. The summed E-state index contributed by atoms with van der Waals surface area (Å²) in [5.41, 5.74) is -0.675. The van der Waals surface area contributed by atoms with Gasteiger partial charge in [-0.3, -0.25) is 0 Å². The van der Waals surface area contributed by atoms with Gasteiger partial charge < -0.3 is 5.32 Å². The Balaban J connectivity index is 2.17. The van der Waals surface area contributed by atoms with Gasteiger partial charge in [0.05, 0.1) is 0 Å². The average Bonchev–Trinajstić information content (AvgIpc) is 2.30. The second kappa shape index (κ2) is 2.66. The van der Waals surface area contributed by atoms with Crippen molar-refractivity contribution in [1.29, 1.82) is 0 Å². The monoisotopic (exact) mass is 175 g/mol. The van der Waals surface area contributed by atoms with Gasteiger partial charge in [0, 0.05) is 18.4 Å². The second-order valence-corrected chi connectivity index (χ2v) is 4.12. The van der Waals surface area contributed by atoms with Crippen LogP contribution in [0.3, 0.4) is 0 Å². The van der Waals surface area contributed by atoms with Crippen LogP contribution in [-0.2, 0) is 0 Å². The summed E-state index contributed by atoms with van der Waals surface area (Å²) in [5, 5.41) is 3.09. The van der Waals surface area contributed by atoms with Gasteiger partial charge in [-0.15, -0.1) is 0 Å². The lowest BCUT2D eigenvalue weighted by Crippen LogP contribution is -2.48. The van der Waals surface area contributed by atoms with E-state index in [-0.39, 0.29) is 6.42 Å². The van der Waals surface area contributed by atoms with Crippen LogP contribution in [0.1, 0.15) is 32.1 Å². The summed E-state index contributed by atoms with van der Waals surface area (Å²) in [7, 11) is 0.